The maximum atomic E-state index is 6.57. The van der Waals surface area contributed by atoms with Gasteiger partial charge in [0.05, 0.1) is 12.2 Å². The van der Waals surface area contributed by atoms with Gasteiger partial charge in [-0.05, 0) is 63.9 Å². The normalized spacial score (nSPS) is 17.9. The van der Waals surface area contributed by atoms with Gasteiger partial charge in [0, 0.05) is 23.0 Å². The predicted octanol–water partition coefficient (Wildman–Crippen LogP) is 6.49. The van der Waals surface area contributed by atoms with E-state index in [-0.39, 0.29) is 5.41 Å². The largest absolute Gasteiger partial charge is 0.326 e. The topological polar surface area (TPSA) is 34.2 Å². The number of nitrogens with zero attached hydrogens (tertiary/aromatic N) is 2. The van der Waals surface area contributed by atoms with Crippen molar-refractivity contribution < 1.29 is 0 Å². The highest BCUT2D eigenvalue weighted by atomic mass is 15.4. The summed E-state index contributed by atoms with van der Waals surface area (Å²) in [6.07, 6.45) is 5.72. The zero-order valence-electron chi connectivity index (χ0n) is 19.7. The molecule has 0 saturated heterocycles. The average Bonchev–Trinajstić information content (AvgIpc) is 3.22. The van der Waals surface area contributed by atoms with Crippen LogP contribution in [0.1, 0.15) is 48.7 Å². The van der Waals surface area contributed by atoms with Crippen molar-refractivity contribution in [3.05, 3.63) is 101 Å². The summed E-state index contributed by atoms with van der Waals surface area (Å²) in [6, 6.07) is 24.3. The molecule has 3 aromatic carbocycles. The molecule has 3 nitrogen and oxygen atoms in total. The van der Waals surface area contributed by atoms with Crippen LogP contribution in [0.5, 0.6) is 0 Å². The van der Waals surface area contributed by atoms with Gasteiger partial charge < -0.3 is 4.57 Å². The van der Waals surface area contributed by atoms with Crippen LogP contribution in [-0.2, 0) is 25.0 Å². The first-order chi connectivity index (χ1) is 15.9. The SMILES string of the molecule is CC1C=Cc2c(c3cc4c(cc3n2CN(N)Cc2ccccc2)C(C)(C)c2ccccc2-4)C1. The zero-order chi connectivity index (χ0) is 22.7. The summed E-state index contributed by atoms with van der Waals surface area (Å²) >= 11 is 0. The third-order valence-electron chi connectivity index (χ3n) is 7.58. The third-order valence-corrected chi connectivity index (χ3v) is 7.58. The van der Waals surface area contributed by atoms with E-state index in [1.807, 2.05) is 11.1 Å². The molecule has 3 heteroatoms. The summed E-state index contributed by atoms with van der Waals surface area (Å²) in [7, 11) is 0. The van der Waals surface area contributed by atoms with Gasteiger partial charge in [-0.15, -0.1) is 0 Å². The Morgan fingerprint density at radius 1 is 0.970 bits per heavy atom. The highest BCUT2D eigenvalue weighted by Crippen LogP contribution is 2.50. The smallest absolute Gasteiger partial charge is 0.0889 e. The van der Waals surface area contributed by atoms with Gasteiger partial charge in [-0.1, -0.05) is 81.4 Å². The molecule has 6 rings (SSSR count). The van der Waals surface area contributed by atoms with Crippen molar-refractivity contribution >= 4 is 17.0 Å². The van der Waals surface area contributed by atoms with Gasteiger partial charge in [-0.2, -0.15) is 0 Å². The molecule has 0 fully saturated rings. The number of rotatable bonds is 4. The van der Waals surface area contributed by atoms with Crippen LogP contribution in [0.4, 0.5) is 0 Å². The lowest BCUT2D eigenvalue weighted by molar-refractivity contribution is 0.218. The Morgan fingerprint density at radius 2 is 1.73 bits per heavy atom. The van der Waals surface area contributed by atoms with Crippen LogP contribution in [-0.4, -0.2) is 9.58 Å². The predicted molar refractivity (Wildman–Crippen MR) is 138 cm³/mol. The highest BCUT2D eigenvalue weighted by Gasteiger charge is 2.36. The van der Waals surface area contributed by atoms with Crippen molar-refractivity contribution in [3.8, 4) is 11.1 Å². The second-order valence-electron chi connectivity index (χ2n) is 10.3. The lowest BCUT2D eigenvalue weighted by atomic mass is 9.82. The zero-order valence-corrected chi connectivity index (χ0v) is 19.7. The Bertz CT molecular complexity index is 1390. The molecule has 2 aliphatic carbocycles. The van der Waals surface area contributed by atoms with Gasteiger partial charge in [0.1, 0.15) is 0 Å². The first-order valence-electron chi connectivity index (χ1n) is 11.9. The molecule has 1 atom stereocenters. The minimum Gasteiger partial charge on any atom is -0.326 e. The minimum atomic E-state index is -0.00864. The number of nitrogens with two attached hydrogens (primary N) is 1. The molecular formula is C30H31N3. The fourth-order valence-electron chi connectivity index (χ4n) is 5.88. The summed E-state index contributed by atoms with van der Waals surface area (Å²) in [5.74, 6) is 7.12. The molecule has 2 aliphatic rings. The molecule has 1 heterocycles. The number of hydrogen-bond donors (Lipinski definition) is 1. The number of allylic oxidation sites excluding steroid dienone is 1. The van der Waals surface area contributed by atoms with Crippen molar-refractivity contribution in [3.63, 3.8) is 0 Å². The molecule has 1 aromatic heterocycles. The molecule has 0 amide bonds. The second-order valence-corrected chi connectivity index (χ2v) is 10.3. The van der Waals surface area contributed by atoms with Gasteiger partial charge in [0.25, 0.3) is 0 Å². The van der Waals surface area contributed by atoms with E-state index in [1.165, 1.54) is 50.0 Å². The summed E-state index contributed by atoms with van der Waals surface area (Å²) in [5.41, 5.74) is 10.9. The summed E-state index contributed by atoms with van der Waals surface area (Å²) < 4.78 is 2.43. The van der Waals surface area contributed by atoms with Gasteiger partial charge in [-0.3, -0.25) is 5.84 Å². The quantitative estimate of drug-likeness (QED) is 0.295. The molecule has 0 radical (unpaired) electrons. The Labute approximate surface area is 196 Å². The monoisotopic (exact) mass is 433 g/mol. The van der Waals surface area contributed by atoms with E-state index < -0.39 is 0 Å². The standard InChI is InChI=1S/C30H31N3/c1-20-13-14-28-24(15-20)25-16-23-22-11-7-8-12-26(22)30(2,3)27(23)17-29(25)33(28)19-32(31)18-21-9-5-4-6-10-21/h4-14,16-17,20H,15,18-19,31H2,1-3H3. The molecule has 0 saturated carbocycles. The Balaban J connectivity index is 1.51. The van der Waals surface area contributed by atoms with E-state index in [0.29, 0.717) is 12.6 Å². The fraction of sp³-hybridized carbons (Fsp3) is 0.267. The van der Waals surface area contributed by atoms with Crippen molar-refractivity contribution in [1.82, 2.24) is 9.58 Å². The van der Waals surface area contributed by atoms with E-state index in [1.54, 1.807) is 0 Å². The average molecular weight is 434 g/mol. The van der Waals surface area contributed by atoms with E-state index in [4.69, 9.17) is 5.84 Å². The van der Waals surface area contributed by atoms with E-state index in [2.05, 4.69) is 98.2 Å². The maximum Gasteiger partial charge on any atom is 0.0889 e. The maximum absolute atomic E-state index is 6.57. The van der Waals surface area contributed by atoms with Crippen LogP contribution in [0.15, 0.2) is 72.8 Å². The highest BCUT2D eigenvalue weighted by molar-refractivity contribution is 5.96. The van der Waals surface area contributed by atoms with Crippen LogP contribution in [0.25, 0.3) is 28.1 Å². The second kappa shape index (κ2) is 7.44. The van der Waals surface area contributed by atoms with Crippen molar-refractivity contribution in [2.45, 2.75) is 45.8 Å². The minimum absolute atomic E-state index is 0.00864. The lowest BCUT2D eigenvalue weighted by Crippen LogP contribution is -2.33. The number of hydrazine groups is 1. The number of aromatic nitrogens is 1. The summed E-state index contributed by atoms with van der Waals surface area (Å²) in [5, 5.41) is 3.30. The van der Waals surface area contributed by atoms with Crippen LogP contribution in [0, 0.1) is 5.92 Å². The lowest BCUT2D eigenvalue weighted by Gasteiger charge is -2.23. The molecule has 2 N–H and O–H groups in total. The van der Waals surface area contributed by atoms with E-state index >= 15 is 0 Å². The van der Waals surface area contributed by atoms with Gasteiger partial charge in [0.15, 0.2) is 0 Å². The molecule has 1 unspecified atom stereocenters. The number of fused-ring (bicyclic) bond motifs is 6. The molecular weight excluding hydrogens is 402 g/mol. The number of benzene rings is 3. The fourth-order valence-corrected chi connectivity index (χ4v) is 5.88. The molecule has 0 bridgehead atoms. The van der Waals surface area contributed by atoms with Gasteiger partial charge in [0.2, 0.25) is 0 Å². The first kappa shape index (κ1) is 20.5. The molecule has 33 heavy (non-hydrogen) atoms. The van der Waals surface area contributed by atoms with Gasteiger partial charge >= 0.3 is 0 Å². The van der Waals surface area contributed by atoms with Crippen molar-refractivity contribution in [2.24, 2.45) is 11.8 Å². The van der Waals surface area contributed by atoms with E-state index in [9.17, 15) is 0 Å². The first-order valence-corrected chi connectivity index (χ1v) is 11.9. The molecule has 166 valence electrons. The van der Waals surface area contributed by atoms with Crippen molar-refractivity contribution in [2.75, 3.05) is 0 Å². The molecule has 4 aromatic rings. The van der Waals surface area contributed by atoms with E-state index in [0.717, 1.165) is 13.0 Å². The summed E-state index contributed by atoms with van der Waals surface area (Å²) in [6.45, 7) is 8.38. The Kier molecular flexibility index (Phi) is 4.62. The Morgan fingerprint density at radius 3 is 2.55 bits per heavy atom. The summed E-state index contributed by atoms with van der Waals surface area (Å²) in [4.78, 5) is 0. The van der Waals surface area contributed by atoms with Crippen LogP contribution < -0.4 is 5.84 Å². The van der Waals surface area contributed by atoms with Crippen LogP contribution in [0.3, 0.4) is 0 Å². The number of hydrogen-bond acceptors (Lipinski definition) is 2. The van der Waals surface area contributed by atoms with Crippen LogP contribution >= 0.6 is 0 Å². The molecule has 0 aliphatic heterocycles. The Hall–Kier alpha value is -3.14. The van der Waals surface area contributed by atoms with Gasteiger partial charge in [-0.25, -0.2) is 5.01 Å². The third kappa shape index (κ3) is 3.18. The van der Waals surface area contributed by atoms with Crippen molar-refractivity contribution in [1.29, 1.82) is 0 Å². The molecule has 0 spiro atoms. The van der Waals surface area contributed by atoms with Crippen LogP contribution in [0.2, 0.25) is 0 Å².